The summed E-state index contributed by atoms with van der Waals surface area (Å²) in [7, 11) is 0. The van der Waals surface area contributed by atoms with Gasteiger partial charge in [0.15, 0.2) is 0 Å². The SMILES string of the molecule is O=C(CCOc1cccc(Cl)c1)NCC1CCCC1O. The fourth-order valence-electron chi connectivity index (χ4n) is 2.41. The van der Waals surface area contributed by atoms with Crippen LogP contribution in [0.25, 0.3) is 0 Å². The Morgan fingerprint density at radius 3 is 3.00 bits per heavy atom. The zero-order valence-corrected chi connectivity index (χ0v) is 12.1. The van der Waals surface area contributed by atoms with Gasteiger partial charge in [-0.05, 0) is 31.0 Å². The van der Waals surface area contributed by atoms with Crippen LogP contribution in [-0.4, -0.2) is 30.3 Å². The van der Waals surface area contributed by atoms with Crippen molar-refractivity contribution in [3.63, 3.8) is 0 Å². The number of halogens is 1. The van der Waals surface area contributed by atoms with Crippen molar-refractivity contribution in [2.75, 3.05) is 13.2 Å². The molecule has 2 atom stereocenters. The molecule has 110 valence electrons. The van der Waals surface area contributed by atoms with Gasteiger partial charge < -0.3 is 15.2 Å². The summed E-state index contributed by atoms with van der Waals surface area (Å²) in [5.74, 6) is 0.815. The fraction of sp³-hybridized carbons (Fsp3) is 0.533. The molecule has 0 saturated heterocycles. The number of hydrogen-bond acceptors (Lipinski definition) is 3. The Morgan fingerprint density at radius 1 is 1.45 bits per heavy atom. The van der Waals surface area contributed by atoms with E-state index in [1.54, 1.807) is 24.3 Å². The summed E-state index contributed by atoms with van der Waals surface area (Å²) in [5, 5.41) is 13.1. The van der Waals surface area contributed by atoms with Crippen molar-refractivity contribution in [2.45, 2.75) is 31.8 Å². The lowest BCUT2D eigenvalue weighted by Crippen LogP contribution is -2.33. The van der Waals surface area contributed by atoms with Crippen LogP contribution in [0.5, 0.6) is 5.75 Å². The van der Waals surface area contributed by atoms with Gasteiger partial charge in [0.05, 0.1) is 19.1 Å². The maximum atomic E-state index is 11.7. The van der Waals surface area contributed by atoms with Gasteiger partial charge in [-0.2, -0.15) is 0 Å². The van der Waals surface area contributed by atoms with Crippen molar-refractivity contribution in [3.8, 4) is 5.75 Å². The minimum absolute atomic E-state index is 0.0499. The monoisotopic (exact) mass is 297 g/mol. The highest BCUT2D eigenvalue weighted by molar-refractivity contribution is 6.30. The molecule has 2 rings (SSSR count). The van der Waals surface area contributed by atoms with Gasteiger partial charge in [-0.15, -0.1) is 0 Å². The molecular weight excluding hydrogens is 278 g/mol. The lowest BCUT2D eigenvalue weighted by molar-refractivity contribution is -0.121. The first-order chi connectivity index (χ1) is 9.65. The van der Waals surface area contributed by atoms with Gasteiger partial charge in [0, 0.05) is 17.5 Å². The van der Waals surface area contributed by atoms with Gasteiger partial charge >= 0.3 is 0 Å². The summed E-state index contributed by atoms with van der Waals surface area (Å²) in [6, 6.07) is 7.10. The molecular formula is C15H20ClNO3. The lowest BCUT2D eigenvalue weighted by atomic mass is 10.1. The molecule has 1 saturated carbocycles. The summed E-state index contributed by atoms with van der Waals surface area (Å²) in [5.41, 5.74) is 0. The molecule has 1 aromatic carbocycles. The smallest absolute Gasteiger partial charge is 0.223 e. The zero-order valence-electron chi connectivity index (χ0n) is 11.3. The second-order valence-electron chi connectivity index (χ2n) is 5.12. The van der Waals surface area contributed by atoms with Crippen LogP contribution in [0, 0.1) is 5.92 Å². The highest BCUT2D eigenvalue weighted by atomic mass is 35.5. The lowest BCUT2D eigenvalue weighted by Gasteiger charge is -2.15. The second kappa shape index (κ2) is 7.50. The highest BCUT2D eigenvalue weighted by Gasteiger charge is 2.25. The van der Waals surface area contributed by atoms with Crippen LogP contribution < -0.4 is 10.1 Å². The van der Waals surface area contributed by atoms with Crippen LogP contribution in [0.15, 0.2) is 24.3 Å². The molecule has 2 N–H and O–H groups in total. The Hall–Kier alpha value is -1.26. The third-order valence-electron chi connectivity index (χ3n) is 3.57. The van der Waals surface area contributed by atoms with Crippen LogP contribution in [-0.2, 0) is 4.79 Å². The summed E-state index contributed by atoms with van der Waals surface area (Å²) in [6.07, 6.45) is 2.91. The molecule has 1 aromatic rings. The number of carbonyl (C=O) groups is 1. The van der Waals surface area contributed by atoms with Crippen LogP contribution in [0.2, 0.25) is 5.02 Å². The highest BCUT2D eigenvalue weighted by Crippen LogP contribution is 2.24. The Morgan fingerprint density at radius 2 is 2.30 bits per heavy atom. The molecule has 0 aromatic heterocycles. The topological polar surface area (TPSA) is 58.6 Å². The molecule has 1 fully saturated rings. The number of amides is 1. The third kappa shape index (κ3) is 4.69. The standard InChI is InChI=1S/C15H20ClNO3/c16-12-4-2-5-13(9-12)20-8-7-15(19)17-10-11-3-1-6-14(11)18/h2,4-5,9,11,14,18H,1,3,6-8,10H2,(H,17,19). The molecule has 0 aliphatic heterocycles. The molecule has 0 radical (unpaired) electrons. The Kier molecular flexibility index (Phi) is 5.68. The van der Waals surface area contributed by atoms with Gasteiger partial charge in [0.2, 0.25) is 5.91 Å². The van der Waals surface area contributed by atoms with E-state index in [4.69, 9.17) is 16.3 Å². The molecule has 4 nitrogen and oxygen atoms in total. The number of hydrogen-bond donors (Lipinski definition) is 2. The molecule has 1 aliphatic rings. The maximum absolute atomic E-state index is 11.7. The van der Waals surface area contributed by atoms with Crippen molar-refractivity contribution in [3.05, 3.63) is 29.3 Å². The number of aliphatic hydroxyl groups excluding tert-OH is 1. The molecule has 2 unspecified atom stereocenters. The largest absolute Gasteiger partial charge is 0.493 e. The number of nitrogens with one attached hydrogen (secondary N) is 1. The molecule has 1 aliphatic carbocycles. The molecule has 1 amide bonds. The first-order valence-corrected chi connectivity index (χ1v) is 7.36. The number of aliphatic hydroxyl groups is 1. The van der Waals surface area contributed by atoms with Crippen molar-refractivity contribution in [1.29, 1.82) is 0 Å². The number of carbonyl (C=O) groups excluding carboxylic acids is 1. The summed E-state index contributed by atoms with van der Waals surface area (Å²) < 4.78 is 5.46. The Labute approximate surface area is 124 Å². The van der Waals surface area contributed by atoms with Crippen LogP contribution in [0.1, 0.15) is 25.7 Å². The quantitative estimate of drug-likeness (QED) is 0.847. The molecule has 0 heterocycles. The van der Waals surface area contributed by atoms with Crippen molar-refractivity contribution in [1.82, 2.24) is 5.32 Å². The minimum atomic E-state index is -0.266. The van der Waals surface area contributed by atoms with E-state index >= 15 is 0 Å². The van der Waals surface area contributed by atoms with E-state index in [1.165, 1.54) is 0 Å². The van der Waals surface area contributed by atoms with Crippen LogP contribution >= 0.6 is 11.6 Å². The summed E-state index contributed by atoms with van der Waals surface area (Å²) in [4.78, 5) is 11.7. The van der Waals surface area contributed by atoms with E-state index in [2.05, 4.69) is 5.32 Å². The average Bonchev–Trinajstić information content (AvgIpc) is 2.82. The first kappa shape index (κ1) is 15.1. The zero-order chi connectivity index (χ0) is 14.4. The molecule has 0 spiro atoms. The maximum Gasteiger partial charge on any atom is 0.223 e. The summed E-state index contributed by atoms with van der Waals surface area (Å²) in [6.45, 7) is 0.872. The number of benzene rings is 1. The Balaban J connectivity index is 1.63. The predicted octanol–water partition coefficient (Wildman–Crippen LogP) is 2.39. The van der Waals surface area contributed by atoms with E-state index < -0.39 is 0 Å². The summed E-state index contributed by atoms with van der Waals surface area (Å²) >= 11 is 5.84. The van der Waals surface area contributed by atoms with Crippen LogP contribution in [0.3, 0.4) is 0 Å². The molecule has 0 bridgehead atoms. The van der Waals surface area contributed by atoms with Crippen molar-refractivity contribution < 1.29 is 14.6 Å². The van der Waals surface area contributed by atoms with Gasteiger partial charge in [0.25, 0.3) is 0 Å². The predicted molar refractivity (Wildman–Crippen MR) is 77.9 cm³/mol. The number of rotatable bonds is 6. The van der Waals surface area contributed by atoms with Crippen molar-refractivity contribution in [2.24, 2.45) is 5.92 Å². The average molecular weight is 298 g/mol. The van der Waals surface area contributed by atoms with Crippen LogP contribution in [0.4, 0.5) is 0 Å². The third-order valence-corrected chi connectivity index (χ3v) is 3.81. The Bertz CT molecular complexity index is 452. The van der Waals surface area contributed by atoms with Gasteiger partial charge in [-0.3, -0.25) is 4.79 Å². The van der Waals surface area contributed by atoms with E-state index in [1.807, 2.05) is 0 Å². The number of ether oxygens (including phenoxy) is 1. The van der Waals surface area contributed by atoms with E-state index in [0.717, 1.165) is 19.3 Å². The van der Waals surface area contributed by atoms with E-state index in [0.29, 0.717) is 30.3 Å². The van der Waals surface area contributed by atoms with Gasteiger partial charge in [0.1, 0.15) is 5.75 Å². The van der Waals surface area contributed by atoms with Gasteiger partial charge in [-0.25, -0.2) is 0 Å². The molecule has 20 heavy (non-hydrogen) atoms. The first-order valence-electron chi connectivity index (χ1n) is 6.98. The normalized spacial score (nSPS) is 21.7. The van der Waals surface area contributed by atoms with Crippen molar-refractivity contribution >= 4 is 17.5 Å². The molecule has 5 heteroatoms. The second-order valence-corrected chi connectivity index (χ2v) is 5.55. The van der Waals surface area contributed by atoms with E-state index in [9.17, 15) is 9.90 Å². The van der Waals surface area contributed by atoms with E-state index in [-0.39, 0.29) is 17.9 Å². The van der Waals surface area contributed by atoms with Gasteiger partial charge in [-0.1, -0.05) is 24.1 Å². The minimum Gasteiger partial charge on any atom is -0.493 e. The fourth-order valence-corrected chi connectivity index (χ4v) is 2.59.